The highest BCUT2D eigenvalue weighted by Gasteiger charge is 2.14. The van der Waals surface area contributed by atoms with Crippen molar-refractivity contribution in [1.82, 2.24) is 0 Å². The second kappa shape index (κ2) is 7.63. The van der Waals surface area contributed by atoms with Gasteiger partial charge in [0.05, 0.1) is 12.0 Å². The number of carbonyl (C=O) groups excluding carboxylic acids is 2. The van der Waals surface area contributed by atoms with E-state index < -0.39 is 5.97 Å². The van der Waals surface area contributed by atoms with E-state index in [1.807, 2.05) is 36.4 Å². The summed E-state index contributed by atoms with van der Waals surface area (Å²) in [5.74, 6) is 0.580. The van der Waals surface area contributed by atoms with Gasteiger partial charge in [0, 0.05) is 11.8 Å². The highest BCUT2D eigenvalue weighted by molar-refractivity contribution is 7.16. The molecule has 2 aromatic carbocycles. The Labute approximate surface area is 148 Å². The lowest BCUT2D eigenvalue weighted by Crippen LogP contribution is -2.10. The molecule has 0 fully saturated rings. The van der Waals surface area contributed by atoms with Crippen LogP contribution in [0.1, 0.15) is 19.3 Å². The minimum atomic E-state index is -0.456. The van der Waals surface area contributed by atoms with Crippen LogP contribution in [0.4, 0.5) is 5.69 Å². The zero-order chi connectivity index (χ0) is 17.6. The van der Waals surface area contributed by atoms with Crippen molar-refractivity contribution in [3.8, 4) is 11.5 Å². The molecular formula is C19H15NO4S. The molecule has 1 N–H and O–H groups in total. The molecule has 0 atom stereocenters. The summed E-state index contributed by atoms with van der Waals surface area (Å²) in [6.45, 7) is 0. The lowest BCUT2D eigenvalue weighted by atomic mass is 10.3. The third-order valence-electron chi connectivity index (χ3n) is 3.29. The number of rotatable bonds is 5. The van der Waals surface area contributed by atoms with Crippen molar-refractivity contribution in [3.63, 3.8) is 0 Å². The summed E-state index contributed by atoms with van der Waals surface area (Å²) in [6, 6.07) is 19.7. The van der Waals surface area contributed by atoms with Crippen molar-refractivity contribution in [3.05, 3.63) is 76.5 Å². The number of thiophene rings is 1. The monoisotopic (exact) mass is 353 g/mol. The maximum Gasteiger partial charge on any atom is 0.348 e. The summed E-state index contributed by atoms with van der Waals surface area (Å²) in [6.07, 6.45) is 0. The number of amides is 1. The minimum Gasteiger partial charge on any atom is -0.465 e. The first-order chi connectivity index (χ1) is 12.2. The summed E-state index contributed by atoms with van der Waals surface area (Å²) < 4.78 is 10.4. The van der Waals surface area contributed by atoms with Gasteiger partial charge in [-0.2, -0.15) is 0 Å². The van der Waals surface area contributed by atoms with E-state index in [9.17, 15) is 9.59 Å². The largest absolute Gasteiger partial charge is 0.465 e. The molecule has 0 aliphatic carbocycles. The number of nitrogens with one attached hydrogen (secondary N) is 1. The highest BCUT2D eigenvalue weighted by atomic mass is 32.1. The van der Waals surface area contributed by atoms with E-state index in [1.165, 1.54) is 7.11 Å². The van der Waals surface area contributed by atoms with Crippen LogP contribution in [0, 0.1) is 0 Å². The van der Waals surface area contributed by atoms with E-state index >= 15 is 0 Å². The number of para-hydroxylation sites is 1. The fourth-order valence-electron chi connectivity index (χ4n) is 2.12. The van der Waals surface area contributed by atoms with Crippen LogP contribution >= 0.6 is 11.3 Å². The van der Waals surface area contributed by atoms with Crippen LogP contribution < -0.4 is 10.1 Å². The summed E-state index contributed by atoms with van der Waals surface area (Å²) in [4.78, 5) is 24.6. The van der Waals surface area contributed by atoms with Crippen LogP contribution in [0.3, 0.4) is 0 Å². The molecule has 0 unspecified atom stereocenters. The van der Waals surface area contributed by atoms with E-state index in [2.05, 4.69) is 10.1 Å². The van der Waals surface area contributed by atoms with E-state index in [4.69, 9.17) is 4.74 Å². The number of benzene rings is 2. The molecule has 1 heterocycles. The third-order valence-corrected chi connectivity index (χ3v) is 4.35. The Balaban J connectivity index is 1.70. The van der Waals surface area contributed by atoms with Gasteiger partial charge in [-0.3, -0.25) is 4.79 Å². The Hall–Kier alpha value is -3.12. The molecule has 25 heavy (non-hydrogen) atoms. The average Bonchev–Trinajstić information content (AvgIpc) is 3.12. The van der Waals surface area contributed by atoms with Crippen LogP contribution in [-0.2, 0) is 4.74 Å². The second-order valence-corrected chi connectivity index (χ2v) is 6.14. The van der Waals surface area contributed by atoms with E-state index in [1.54, 1.807) is 30.3 Å². The average molecular weight is 353 g/mol. The van der Waals surface area contributed by atoms with Crippen LogP contribution in [0.5, 0.6) is 11.5 Å². The smallest absolute Gasteiger partial charge is 0.348 e. The van der Waals surface area contributed by atoms with Crippen molar-refractivity contribution in [2.45, 2.75) is 0 Å². The van der Waals surface area contributed by atoms with Crippen LogP contribution in [0.15, 0.2) is 66.7 Å². The third kappa shape index (κ3) is 4.24. The first-order valence-electron chi connectivity index (χ1n) is 7.48. The number of hydrogen-bond donors (Lipinski definition) is 1. The lowest BCUT2D eigenvalue weighted by Gasteiger charge is -2.08. The fraction of sp³-hybridized carbons (Fsp3) is 0.0526. The topological polar surface area (TPSA) is 64.6 Å². The van der Waals surface area contributed by atoms with Gasteiger partial charge in [0.2, 0.25) is 0 Å². The molecule has 0 spiro atoms. The number of methoxy groups -OCH3 is 1. The molecule has 0 saturated carbocycles. The molecule has 5 nitrogen and oxygen atoms in total. The molecule has 0 aliphatic heterocycles. The predicted octanol–water partition coefficient (Wildman–Crippen LogP) is 4.58. The minimum absolute atomic E-state index is 0.294. The summed E-state index contributed by atoms with van der Waals surface area (Å²) in [5.41, 5.74) is 0.603. The molecular weight excluding hydrogens is 338 g/mol. The number of carbonyl (C=O) groups is 2. The molecule has 0 bridgehead atoms. The first-order valence-corrected chi connectivity index (χ1v) is 8.30. The van der Waals surface area contributed by atoms with Gasteiger partial charge in [-0.05, 0) is 36.4 Å². The highest BCUT2D eigenvalue weighted by Crippen LogP contribution is 2.25. The van der Waals surface area contributed by atoms with Gasteiger partial charge in [-0.25, -0.2) is 4.79 Å². The standard InChI is InChI=1S/C19H15NO4S/c1-23-19(22)17-11-10-16(25-17)18(21)20-13-6-5-9-15(12-13)24-14-7-3-2-4-8-14/h2-12H,1H3,(H,20,21). The molecule has 1 amide bonds. The van der Waals surface area contributed by atoms with Gasteiger partial charge >= 0.3 is 5.97 Å². The number of hydrogen-bond acceptors (Lipinski definition) is 5. The van der Waals surface area contributed by atoms with E-state index in [0.29, 0.717) is 26.9 Å². The van der Waals surface area contributed by atoms with E-state index in [0.717, 1.165) is 11.3 Å². The Morgan fingerprint density at radius 1 is 0.880 bits per heavy atom. The van der Waals surface area contributed by atoms with Gasteiger partial charge in [-0.1, -0.05) is 24.3 Å². The quantitative estimate of drug-likeness (QED) is 0.682. The summed E-state index contributed by atoms with van der Waals surface area (Å²) in [7, 11) is 1.31. The maximum atomic E-state index is 12.3. The number of esters is 1. The zero-order valence-electron chi connectivity index (χ0n) is 13.4. The Kier molecular flexibility index (Phi) is 5.11. The number of ether oxygens (including phenoxy) is 2. The molecule has 1 aromatic heterocycles. The molecule has 3 rings (SSSR count). The Morgan fingerprint density at radius 2 is 1.60 bits per heavy atom. The van der Waals surface area contributed by atoms with Gasteiger partial charge in [0.25, 0.3) is 5.91 Å². The predicted molar refractivity (Wildman–Crippen MR) is 96.6 cm³/mol. The Morgan fingerprint density at radius 3 is 2.36 bits per heavy atom. The molecule has 126 valence electrons. The van der Waals surface area contributed by atoms with Gasteiger partial charge in [-0.15, -0.1) is 11.3 Å². The molecule has 0 aliphatic rings. The number of anilines is 1. The van der Waals surface area contributed by atoms with Crippen LogP contribution in [0.2, 0.25) is 0 Å². The van der Waals surface area contributed by atoms with E-state index in [-0.39, 0.29) is 5.91 Å². The summed E-state index contributed by atoms with van der Waals surface area (Å²) >= 11 is 1.08. The molecule has 0 saturated heterocycles. The maximum absolute atomic E-state index is 12.3. The van der Waals surface area contributed by atoms with Crippen molar-refractivity contribution in [2.24, 2.45) is 0 Å². The van der Waals surface area contributed by atoms with Crippen LogP contribution in [0.25, 0.3) is 0 Å². The van der Waals surface area contributed by atoms with Crippen molar-refractivity contribution in [1.29, 1.82) is 0 Å². The van der Waals surface area contributed by atoms with Gasteiger partial charge in [0.15, 0.2) is 0 Å². The second-order valence-electron chi connectivity index (χ2n) is 5.05. The zero-order valence-corrected chi connectivity index (χ0v) is 14.2. The fourth-order valence-corrected chi connectivity index (χ4v) is 2.94. The van der Waals surface area contributed by atoms with Crippen molar-refractivity contribution in [2.75, 3.05) is 12.4 Å². The van der Waals surface area contributed by atoms with Gasteiger partial charge < -0.3 is 14.8 Å². The molecule has 6 heteroatoms. The first kappa shape index (κ1) is 16.7. The summed E-state index contributed by atoms with van der Waals surface area (Å²) in [5, 5.41) is 2.79. The van der Waals surface area contributed by atoms with Gasteiger partial charge in [0.1, 0.15) is 16.4 Å². The normalized spacial score (nSPS) is 10.1. The van der Waals surface area contributed by atoms with Crippen LogP contribution in [-0.4, -0.2) is 19.0 Å². The van der Waals surface area contributed by atoms with Crippen molar-refractivity contribution >= 4 is 28.9 Å². The SMILES string of the molecule is COC(=O)c1ccc(C(=O)Nc2cccc(Oc3ccccc3)c2)s1. The lowest BCUT2D eigenvalue weighted by molar-refractivity contribution is 0.0606. The molecule has 0 radical (unpaired) electrons. The molecule has 3 aromatic rings. The Bertz CT molecular complexity index is 889. The van der Waals surface area contributed by atoms with Crippen molar-refractivity contribution < 1.29 is 19.1 Å².